The molecule has 10 heteroatoms. The van der Waals surface area contributed by atoms with Gasteiger partial charge >= 0.3 is 6.09 Å². The zero-order chi connectivity index (χ0) is 24.3. The molecule has 0 aromatic carbocycles. The van der Waals surface area contributed by atoms with Crippen LogP contribution in [-0.4, -0.2) is 64.0 Å². The van der Waals surface area contributed by atoms with Gasteiger partial charge in [-0.25, -0.2) is 4.79 Å². The number of amides is 4. The lowest BCUT2D eigenvalue weighted by Crippen LogP contribution is -2.63. The van der Waals surface area contributed by atoms with E-state index in [9.17, 15) is 19.2 Å². The molecule has 3 N–H and O–H groups in total. The lowest BCUT2D eigenvalue weighted by atomic mass is 9.94. The van der Waals surface area contributed by atoms with Crippen molar-refractivity contribution in [3.05, 3.63) is 24.0 Å². The Morgan fingerprint density at radius 2 is 1.97 bits per heavy atom. The third-order valence-electron chi connectivity index (χ3n) is 5.68. The summed E-state index contributed by atoms with van der Waals surface area (Å²) < 4.78 is 5.55. The minimum Gasteiger partial charge on any atom is -0.444 e. The highest BCUT2D eigenvalue weighted by Gasteiger charge is 2.38. The van der Waals surface area contributed by atoms with Crippen molar-refractivity contribution in [3.63, 3.8) is 0 Å². The van der Waals surface area contributed by atoms with Crippen molar-refractivity contribution in [3.8, 4) is 0 Å². The first-order valence-corrected chi connectivity index (χ1v) is 11.3. The largest absolute Gasteiger partial charge is 0.444 e. The van der Waals surface area contributed by atoms with Gasteiger partial charge in [0.1, 0.15) is 5.60 Å². The van der Waals surface area contributed by atoms with Crippen LogP contribution in [0, 0.1) is 0 Å². The molecule has 2 saturated heterocycles. The maximum atomic E-state index is 12.8. The standard InChI is InChI=1S/C23H33N5O5/c1-13-12-28(22(32)33-23(3,4)5)18(14(2)25-13)10-20(30)26-15-6-8-17(24-11-15)16-7-9-19(29)27-21(16)31/h6,8,11,13-14,16,18,25H,7,9-10,12H2,1-5H3,(H,26,30)(H,27,29,31). The lowest BCUT2D eigenvalue weighted by Gasteiger charge is -2.43. The molecule has 0 aliphatic carbocycles. The normalized spacial score (nSPS) is 25.9. The highest BCUT2D eigenvalue weighted by molar-refractivity contribution is 6.00. The molecule has 4 unspecified atom stereocenters. The van der Waals surface area contributed by atoms with Gasteiger partial charge in [-0.05, 0) is 53.2 Å². The van der Waals surface area contributed by atoms with Gasteiger partial charge in [0.15, 0.2) is 0 Å². The van der Waals surface area contributed by atoms with Crippen molar-refractivity contribution in [1.29, 1.82) is 0 Å². The SMILES string of the molecule is CC1CN(C(=O)OC(C)(C)C)C(CC(=O)Nc2ccc(C3CCC(=O)NC3=O)nc2)C(C)N1. The Hall–Kier alpha value is -3.01. The fourth-order valence-corrected chi connectivity index (χ4v) is 4.19. The van der Waals surface area contributed by atoms with E-state index in [1.54, 1.807) is 17.0 Å². The Bertz CT molecular complexity index is 911. The van der Waals surface area contributed by atoms with Gasteiger partial charge in [0.25, 0.3) is 0 Å². The van der Waals surface area contributed by atoms with E-state index in [4.69, 9.17) is 4.74 Å². The van der Waals surface area contributed by atoms with E-state index in [0.717, 1.165) is 0 Å². The van der Waals surface area contributed by atoms with Crippen LogP contribution in [0.2, 0.25) is 0 Å². The van der Waals surface area contributed by atoms with Gasteiger partial charge in [-0.15, -0.1) is 0 Å². The van der Waals surface area contributed by atoms with Gasteiger partial charge < -0.3 is 20.3 Å². The number of aromatic nitrogens is 1. The smallest absolute Gasteiger partial charge is 0.410 e. The Balaban J connectivity index is 1.63. The van der Waals surface area contributed by atoms with E-state index < -0.39 is 17.6 Å². The van der Waals surface area contributed by atoms with E-state index in [1.165, 1.54) is 6.20 Å². The first-order chi connectivity index (χ1) is 15.4. The number of nitrogens with zero attached hydrogens (tertiary/aromatic N) is 2. The summed E-state index contributed by atoms with van der Waals surface area (Å²) in [5.41, 5.74) is 0.412. The fourth-order valence-electron chi connectivity index (χ4n) is 4.19. The second kappa shape index (κ2) is 9.86. The monoisotopic (exact) mass is 459 g/mol. The molecule has 180 valence electrons. The molecule has 33 heavy (non-hydrogen) atoms. The summed E-state index contributed by atoms with van der Waals surface area (Å²) in [4.78, 5) is 54.8. The van der Waals surface area contributed by atoms with Gasteiger partial charge in [0.2, 0.25) is 17.7 Å². The van der Waals surface area contributed by atoms with Crippen LogP contribution in [0.1, 0.15) is 65.5 Å². The number of hydrogen-bond donors (Lipinski definition) is 3. The van der Waals surface area contributed by atoms with Crippen molar-refractivity contribution < 1.29 is 23.9 Å². The predicted molar refractivity (Wildman–Crippen MR) is 121 cm³/mol. The average molecular weight is 460 g/mol. The number of carbonyl (C=O) groups is 4. The minimum absolute atomic E-state index is 0.0795. The van der Waals surface area contributed by atoms with Crippen molar-refractivity contribution >= 4 is 29.5 Å². The number of anilines is 1. The zero-order valence-corrected chi connectivity index (χ0v) is 19.8. The molecular weight excluding hydrogens is 426 g/mol. The van der Waals surface area contributed by atoms with Gasteiger partial charge in [-0.3, -0.25) is 24.7 Å². The van der Waals surface area contributed by atoms with Crippen LogP contribution in [0.25, 0.3) is 0 Å². The summed E-state index contributed by atoms with van der Waals surface area (Å²) >= 11 is 0. The molecule has 0 radical (unpaired) electrons. The molecule has 10 nitrogen and oxygen atoms in total. The van der Waals surface area contributed by atoms with Crippen LogP contribution in [0.3, 0.4) is 0 Å². The average Bonchev–Trinajstić information content (AvgIpc) is 2.69. The fraction of sp³-hybridized carbons (Fsp3) is 0.609. The molecule has 4 amide bonds. The maximum absolute atomic E-state index is 12.8. The van der Waals surface area contributed by atoms with E-state index >= 15 is 0 Å². The second-order valence-corrected chi connectivity index (χ2v) is 9.78. The van der Waals surface area contributed by atoms with E-state index in [1.807, 2.05) is 34.6 Å². The van der Waals surface area contributed by atoms with Crippen LogP contribution >= 0.6 is 0 Å². The molecule has 2 fully saturated rings. The Labute approximate surface area is 193 Å². The number of imide groups is 1. The lowest BCUT2D eigenvalue weighted by molar-refractivity contribution is -0.134. The summed E-state index contributed by atoms with van der Waals surface area (Å²) in [5.74, 6) is -1.37. The molecule has 0 bridgehead atoms. The third kappa shape index (κ3) is 6.50. The van der Waals surface area contributed by atoms with Crippen LogP contribution in [0.4, 0.5) is 10.5 Å². The van der Waals surface area contributed by atoms with E-state index in [-0.39, 0.29) is 48.7 Å². The summed E-state index contributed by atoms with van der Waals surface area (Å²) in [7, 11) is 0. The number of pyridine rings is 1. The van der Waals surface area contributed by atoms with Crippen LogP contribution < -0.4 is 16.0 Å². The molecule has 1 aromatic rings. The molecule has 3 heterocycles. The van der Waals surface area contributed by atoms with Gasteiger partial charge in [-0.2, -0.15) is 0 Å². The first kappa shape index (κ1) is 24.6. The van der Waals surface area contributed by atoms with E-state index in [0.29, 0.717) is 24.3 Å². The van der Waals surface area contributed by atoms with Crippen molar-refractivity contribution in [2.75, 3.05) is 11.9 Å². The number of hydrogen-bond acceptors (Lipinski definition) is 7. The predicted octanol–water partition coefficient (Wildman–Crippen LogP) is 1.92. The molecule has 2 aliphatic heterocycles. The van der Waals surface area contributed by atoms with Gasteiger partial charge in [0, 0.05) is 31.5 Å². The van der Waals surface area contributed by atoms with E-state index in [2.05, 4.69) is 20.9 Å². The number of rotatable bonds is 4. The number of piperidine rings is 1. The zero-order valence-electron chi connectivity index (χ0n) is 19.8. The molecule has 4 atom stereocenters. The quantitative estimate of drug-likeness (QED) is 0.587. The molecule has 3 rings (SSSR count). The summed E-state index contributed by atoms with van der Waals surface area (Å²) in [6.07, 6.45) is 1.84. The minimum atomic E-state index is -0.628. The molecule has 0 spiro atoms. The molecular formula is C23H33N5O5. The highest BCUT2D eigenvalue weighted by Crippen LogP contribution is 2.24. The number of carbonyl (C=O) groups excluding carboxylic acids is 4. The van der Waals surface area contributed by atoms with Gasteiger partial charge in [-0.1, -0.05) is 0 Å². The summed E-state index contributed by atoms with van der Waals surface area (Å²) in [5, 5.41) is 8.53. The third-order valence-corrected chi connectivity index (χ3v) is 5.68. The van der Waals surface area contributed by atoms with Crippen molar-refractivity contribution in [1.82, 2.24) is 20.5 Å². The number of nitrogens with one attached hydrogen (secondary N) is 3. The summed E-state index contributed by atoms with van der Waals surface area (Å²) in [6.45, 7) is 9.81. The Kier molecular flexibility index (Phi) is 7.36. The van der Waals surface area contributed by atoms with Crippen LogP contribution in [-0.2, 0) is 19.1 Å². The Morgan fingerprint density at radius 3 is 2.58 bits per heavy atom. The molecule has 1 aromatic heterocycles. The number of ether oxygens (including phenoxy) is 1. The topological polar surface area (TPSA) is 130 Å². The highest BCUT2D eigenvalue weighted by atomic mass is 16.6. The molecule has 2 aliphatic rings. The van der Waals surface area contributed by atoms with Crippen LogP contribution in [0.5, 0.6) is 0 Å². The van der Waals surface area contributed by atoms with Crippen molar-refractivity contribution in [2.24, 2.45) is 0 Å². The van der Waals surface area contributed by atoms with Crippen LogP contribution in [0.15, 0.2) is 18.3 Å². The Morgan fingerprint density at radius 1 is 1.24 bits per heavy atom. The van der Waals surface area contributed by atoms with Crippen molar-refractivity contribution in [2.45, 2.75) is 83.5 Å². The summed E-state index contributed by atoms with van der Waals surface area (Å²) in [6, 6.07) is 2.97. The molecule has 0 saturated carbocycles. The van der Waals surface area contributed by atoms with Gasteiger partial charge in [0.05, 0.1) is 29.5 Å². The number of piperazine rings is 1. The maximum Gasteiger partial charge on any atom is 0.410 e. The second-order valence-electron chi connectivity index (χ2n) is 9.78. The first-order valence-electron chi connectivity index (χ1n) is 11.3.